The molecule has 3 rings (SSSR count). The van der Waals surface area contributed by atoms with E-state index in [1.54, 1.807) is 6.07 Å². The maximum atomic E-state index is 12.9. The minimum atomic E-state index is -0.208. The number of likely N-dealkylation sites (N-methyl/N-ethyl adjacent to an activating group) is 1. The maximum Gasteiger partial charge on any atom is 0.180 e. The largest absolute Gasteiger partial charge is 0.486 e. The number of nitrogens with zero attached hydrogens (tertiary/aromatic N) is 1. The summed E-state index contributed by atoms with van der Waals surface area (Å²) >= 11 is 0. The molecule has 0 aliphatic carbocycles. The van der Waals surface area contributed by atoms with Crippen LogP contribution in [-0.4, -0.2) is 44.0 Å². The lowest BCUT2D eigenvalue weighted by Crippen LogP contribution is -2.37. The van der Waals surface area contributed by atoms with Crippen LogP contribution in [0, 0.1) is 0 Å². The van der Waals surface area contributed by atoms with Crippen LogP contribution in [0.15, 0.2) is 48.5 Å². The van der Waals surface area contributed by atoms with Gasteiger partial charge in [-0.25, -0.2) is 0 Å². The number of rotatable bonds is 5. The molecular formula is C19H21NO3. The average molecular weight is 311 g/mol. The van der Waals surface area contributed by atoms with E-state index in [0.717, 1.165) is 5.56 Å². The topological polar surface area (TPSA) is 38.8 Å². The van der Waals surface area contributed by atoms with Gasteiger partial charge in [0.1, 0.15) is 13.2 Å². The van der Waals surface area contributed by atoms with Crippen molar-refractivity contribution in [1.82, 2.24) is 4.90 Å². The van der Waals surface area contributed by atoms with Crippen LogP contribution < -0.4 is 9.47 Å². The quantitative estimate of drug-likeness (QED) is 0.796. The molecule has 0 saturated carbocycles. The molecule has 1 aliphatic heterocycles. The van der Waals surface area contributed by atoms with Crippen LogP contribution in [0.4, 0.5) is 0 Å². The van der Waals surface area contributed by atoms with Crippen molar-refractivity contribution in [2.24, 2.45) is 0 Å². The molecule has 1 atom stereocenters. The van der Waals surface area contributed by atoms with E-state index in [9.17, 15) is 4.79 Å². The normalized spacial score (nSPS) is 14.6. The molecule has 4 heteroatoms. The van der Waals surface area contributed by atoms with E-state index in [0.29, 0.717) is 36.7 Å². The summed E-state index contributed by atoms with van der Waals surface area (Å²) in [6.45, 7) is 1.07. The minimum absolute atomic E-state index is 0.0934. The van der Waals surface area contributed by atoms with Crippen molar-refractivity contribution in [1.29, 1.82) is 0 Å². The third kappa shape index (κ3) is 3.54. The van der Waals surface area contributed by atoms with Gasteiger partial charge in [-0.2, -0.15) is 0 Å². The highest BCUT2D eigenvalue weighted by atomic mass is 16.6. The summed E-state index contributed by atoms with van der Waals surface area (Å²) in [4.78, 5) is 14.9. The van der Waals surface area contributed by atoms with Gasteiger partial charge in [0.25, 0.3) is 0 Å². The molecule has 1 aliphatic rings. The van der Waals surface area contributed by atoms with E-state index in [1.807, 2.05) is 61.5 Å². The lowest BCUT2D eigenvalue weighted by Gasteiger charge is -2.24. The number of Topliss-reactive ketones (excluding diaryl/α,β-unsaturated/α-hetero) is 1. The van der Waals surface area contributed by atoms with Crippen LogP contribution in [0.3, 0.4) is 0 Å². The molecule has 120 valence electrons. The summed E-state index contributed by atoms with van der Waals surface area (Å²) in [5.41, 5.74) is 1.81. The van der Waals surface area contributed by atoms with Crippen molar-refractivity contribution in [3.05, 3.63) is 59.7 Å². The highest BCUT2D eigenvalue weighted by Gasteiger charge is 2.24. The Hall–Kier alpha value is -2.33. The first-order valence-corrected chi connectivity index (χ1v) is 7.79. The first kappa shape index (κ1) is 15.6. The van der Waals surface area contributed by atoms with Gasteiger partial charge in [0.15, 0.2) is 17.3 Å². The number of carbonyl (C=O) groups is 1. The Balaban J connectivity index is 1.83. The smallest absolute Gasteiger partial charge is 0.180 e. The predicted molar refractivity (Wildman–Crippen MR) is 89.4 cm³/mol. The molecule has 1 unspecified atom stereocenters. The van der Waals surface area contributed by atoms with Crippen molar-refractivity contribution in [3.8, 4) is 11.5 Å². The molecule has 1 heterocycles. The second-order valence-electron chi connectivity index (χ2n) is 5.89. The zero-order valence-electron chi connectivity index (χ0n) is 13.5. The zero-order valence-corrected chi connectivity index (χ0v) is 13.5. The van der Waals surface area contributed by atoms with Gasteiger partial charge in [-0.15, -0.1) is 0 Å². The minimum Gasteiger partial charge on any atom is -0.486 e. The highest BCUT2D eigenvalue weighted by Crippen LogP contribution is 2.31. The Morgan fingerprint density at radius 2 is 1.74 bits per heavy atom. The summed E-state index contributed by atoms with van der Waals surface area (Å²) < 4.78 is 11.1. The SMILES string of the molecule is CN(C)C(Cc1ccccc1)C(=O)c1ccc2c(c1)OCCO2. The third-order valence-electron chi connectivity index (χ3n) is 4.02. The number of hydrogen-bond donors (Lipinski definition) is 0. The van der Waals surface area contributed by atoms with Gasteiger partial charge in [0, 0.05) is 5.56 Å². The standard InChI is InChI=1S/C19H21NO3/c1-20(2)16(12-14-6-4-3-5-7-14)19(21)15-8-9-17-18(13-15)23-11-10-22-17/h3-9,13,16H,10-12H2,1-2H3. The number of ketones is 1. The molecule has 0 radical (unpaired) electrons. The molecule has 0 fully saturated rings. The maximum absolute atomic E-state index is 12.9. The van der Waals surface area contributed by atoms with Crippen molar-refractivity contribution < 1.29 is 14.3 Å². The Bertz CT molecular complexity index is 682. The van der Waals surface area contributed by atoms with E-state index in [1.165, 1.54) is 0 Å². The monoisotopic (exact) mass is 311 g/mol. The number of hydrogen-bond acceptors (Lipinski definition) is 4. The molecular weight excluding hydrogens is 290 g/mol. The second-order valence-corrected chi connectivity index (χ2v) is 5.89. The van der Waals surface area contributed by atoms with Gasteiger partial charge in [0.05, 0.1) is 6.04 Å². The highest BCUT2D eigenvalue weighted by molar-refractivity contribution is 6.00. The van der Waals surface area contributed by atoms with Gasteiger partial charge in [0.2, 0.25) is 0 Å². The lowest BCUT2D eigenvalue weighted by atomic mass is 9.96. The molecule has 23 heavy (non-hydrogen) atoms. The summed E-state index contributed by atoms with van der Waals surface area (Å²) in [6.07, 6.45) is 0.682. The third-order valence-corrected chi connectivity index (χ3v) is 4.02. The van der Waals surface area contributed by atoms with Crippen LogP contribution in [-0.2, 0) is 6.42 Å². The van der Waals surface area contributed by atoms with Gasteiger partial charge >= 0.3 is 0 Å². The number of ether oxygens (including phenoxy) is 2. The van der Waals surface area contributed by atoms with E-state index >= 15 is 0 Å². The number of benzene rings is 2. The molecule has 0 bridgehead atoms. The van der Waals surface area contributed by atoms with E-state index < -0.39 is 0 Å². The summed E-state index contributed by atoms with van der Waals surface area (Å²) in [6, 6.07) is 15.3. The Morgan fingerprint density at radius 3 is 2.43 bits per heavy atom. The Labute approximate surface area is 136 Å². The van der Waals surface area contributed by atoms with Crippen molar-refractivity contribution >= 4 is 5.78 Å². The van der Waals surface area contributed by atoms with Crippen LogP contribution in [0.2, 0.25) is 0 Å². The fraction of sp³-hybridized carbons (Fsp3) is 0.316. The average Bonchev–Trinajstić information content (AvgIpc) is 2.59. The van der Waals surface area contributed by atoms with Crippen LogP contribution in [0.1, 0.15) is 15.9 Å². The van der Waals surface area contributed by atoms with E-state index in [2.05, 4.69) is 0 Å². The van der Waals surface area contributed by atoms with Gasteiger partial charge in [-0.3, -0.25) is 9.69 Å². The second kappa shape index (κ2) is 6.84. The molecule has 0 N–H and O–H groups in total. The zero-order chi connectivity index (χ0) is 16.2. The summed E-state index contributed by atoms with van der Waals surface area (Å²) in [5, 5.41) is 0. The Kier molecular flexibility index (Phi) is 4.63. The first-order chi connectivity index (χ1) is 11.1. The molecule has 2 aromatic rings. The predicted octanol–water partition coefficient (Wildman–Crippen LogP) is 2.81. The van der Waals surface area contributed by atoms with Crippen molar-refractivity contribution in [3.63, 3.8) is 0 Å². The van der Waals surface area contributed by atoms with E-state index in [-0.39, 0.29) is 11.8 Å². The van der Waals surface area contributed by atoms with Crippen molar-refractivity contribution in [2.45, 2.75) is 12.5 Å². The summed E-state index contributed by atoms with van der Waals surface area (Å²) in [5.74, 6) is 1.45. The molecule has 0 amide bonds. The van der Waals surface area contributed by atoms with Crippen LogP contribution in [0.25, 0.3) is 0 Å². The first-order valence-electron chi connectivity index (χ1n) is 7.79. The fourth-order valence-electron chi connectivity index (χ4n) is 2.74. The summed E-state index contributed by atoms with van der Waals surface area (Å²) in [7, 11) is 3.87. The van der Waals surface area contributed by atoms with Gasteiger partial charge < -0.3 is 9.47 Å². The van der Waals surface area contributed by atoms with Crippen molar-refractivity contribution in [2.75, 3.05) is 27.3 Å². The molecule has 0 saturated heterocycles. The molecule has 2 aromatic carbocycles. The van der Waals surface area contributed by atoms with Gasteiger partial charge in [-0.1, -0.05) is 30.3 Å². The Morgan fingerprint density at radius 1 is 1.04 bits per heavy atom. The number of fused-ring (bicyclic) bond motifs is 1. The molecule has 4 nitrogen and oxygen atoms in total. The lowest BCUT2D eigenvalue weighted by molar-refractivity contribution is 0.0874. The van der Waals surface area contributed by atoms with E-state index in [4.69, 9.17) is 9.47 Å². The fourth-order valence-corrected chi connectivity index (χ4v) is 2.74. The number of carbonyl (C=O) groups excluding carboxylic acids is 1. The molecule has 0 spiro atoms. The van der Waals surface area contributed by atoms with Crippen LogP contribution >= 0.6 is 0 Å². The van der Waals surface area contributed by atoms with Crippen LogP contribution in [0.5, 0.6) is 11.5 Å². The molecule has 0 aromatic heterocycles. The van der Waals surface area contributed by atoms with Gasteiger partial charge in [-0.05, 0) is 44.3 Å².